The third-order valence-corrected chi connectivity index (χ3v) is 5.84. The van der Waals surface area contributed by atoms with Crippen LogP contribution in [0, 0.1) is 0 Å². The Hall–Kier alpha value is -0.190. The fourth-order valence-electron chi connectivity index (χ4n) is 3.02. The maximum absolute atomic E-state index is 10.1. The monoisotopic (exact) mass is 357 g/mol. The summed E-state index contributed by atoms with van der Waals surface area (Å²) in [5.41, 5.74) is 1.01. The molecule has 0 aromatic heterocycles. The van der Waals surface area contributed by atoms with Gasteiger partial charge in [0.05, 0.1) is 0 Å². The van der Waals surface area contributed by atoms with Gasteiger partial charge in [0, 0.05) is 27.4 Å². The van der Waals surface area contributed by atoms with Crippen molar-refractivity contribution >= 4 is 27.7 Å². The second-order valence-corrected chi connectivity index (χ2v) is 7.79. The van der Waals surface area contributed by atoms with Gasteiger partial charge in [-0.25, -0.2) is 0 Å². The highest BCUT2D eigenvalue weighted by Gasteiger charge is 2.29. The Morgan fingerprint density at radius 3 is 2.90 bits per heavy atom. The Morgan fingerprint density at radius 1 is 1.40 bits per heavy atom. The van der Waals surface area contributed by atoms with Crippen LogP contribution >= 0.6 is 27.7 Å². The number of hydrogen-bond donors (Lipinski definition) is 2. The fourth-order valence-corrected chi connectivity index (χ4v) is 4.61. The van der Waals surface area contributed by atoms with E-state index in [1.54, 1.807) is 6.07 Å². The van der Waals surface area contributed by atoms with Gasteiger partial charge in [-0.05, 0) is 43.2 Å². The molecule has 0 radical (unpaired) electrons. The Kier molecular flexibility index (Phi) is 6.24. The number of phenols is 1. The van der Waals surface area contributed by atoms with E-state index < -0.39 is 0 Å². The molecule has 20 heavy (non-hydrogen) atoms. The molecule has 3 atom stereocenters. The van der Waals surface area contributed by atoms with Crippen LogP contribution in [0.2, 0.25) is 0 Å². The molecule has 1 aromatic carbocycles. The van der Waals surface area contributed by atoms with Gasteiger partial charge < -0.3 is 10.4 Å². The van der Waals surface area contributed by atoms with Crippen molar-refractivity contribution in [2.75, 3.05) is 5.75 Å². The Balaban J connectivity index is 2.10. The van der Waals surface area contributed by atoms with Crippen LogP contribution in [-0.4, -0.2) is 22.2 Å². The molecule has 0 bridgehead atoms. The molecule has 112 valence electrons. The second-order valence-electron chi connectivity index (χ2n) is 5.36. The highest BCUT2D eigenvalue weighted by Crippen LogP contribution is 2.34. The molecule has 0 spiro atoms. The highest BCUT2D eigenvalue weighted by atomic mass is 79.9. The van der Waals surface area contributed by atoms with Gasteiger partial charge in [0.2, 0.25) is 0 Å². The van der Waals surface area contributed by atoms with Crippen LogP contribution in [0.5, 0.6) is 5.75 Å². The lowest BCUT2D eigenvalue weighted by atomic mass is 10.0. The number of rotatable bonds is 6. The average molecular weight is 358 g/mol. The molecule has 0 saturated heterocycles. The van der Waals surface area contributed by atoms with Crippen molar-refractivity contribution in [1.82, 2.24) is 5.32 Å². The number of benzene rings is 1. The van der Waals surface area contributed by atoms with E-state index in [1.807, 2.05) is 12.1 Å². The minimum absolute atomic E-state index is 0.232. The summed E-state index contributed by atoms with van der Waals surface area (Å²) in [6.07, 6.45) is 4.88. The van der Waals surface area contributed by atoms with Crippen molar-refractivity contribution < 1.29 is 5.11 Å². The van der Waals surface area contributed by atoms with Crippen molar-refractivity contribution in [3.63, 3.8) is 0 Å². The van der Waals surface area contributed by atoms with Gasteiger partial charge in [-0.2, -0.15) is 11.8 Å². The Morgan fingerprint density at radius 2 is 2.20 bits per heavy atom. The largest absolute Gasteiger partial charge is 0.508 e. The zero-order valence-electron chi connectivity index (χ0n) is 12.2. The van der Waals surface area contributed by atoms with Crippen molar-refractivity contribution in [2.24, 2.45) is 0 Å². The number of aromatic hydroxyl groups is 1. The van der Waals surface area contributed by atoms with Crippen LogP contribution in [0.1, 0.15) is 51.1 Å². The van der Waals surface area contributed by atoms with Crippen LogP contribution in [0.4, 0.5) is 0 Å². The predicted molar refractivity (Wildman–Crippen MR) is 91.5 cm³/mol. The third-order valence-electron chi connectivity index (χ3n) is 4.02. The standard InChI is InChI=1S/C16H24BrNOS/c1-3-13(12-10-11(17)8-9-15(12)19)18-14-6-5-7-16(14)20-4-2/h8-10,13-14,16,18-19H,3-7H2,1-2H3. The summed E-state index contributed by atoms with van der Waals surface area (Å²) in [6.45, 7) is 4.41. The molecule has 4 heteroatoms. The highest BCUT2D eigenvalue weighted by molar-refractivity contribution is 9.10. The summed E-state index contributed by atoms with van der Waals surface area (Å²) in [5.74, 6) is 1.58. The van der Waals surface area contributed by atoms with E-state index in [-0.39, 0.29) is 6.04 Å². The van der Waals surface area contributed by atoms with Crippen LogP contribution < -0.4 is 5.32 Å². The predicted octanol–water partition coefficient (Wildman–Crippen LogP) is 4.87. The Bertz CT molecular complexity index is 440. The maximum atomic E-state index is 10.1. The smallest absolute Gasteiger partial charge is 0.120 e. The molecule has 2 N–H and O–H groups in total. The topological polar surface area (TPSA) is 32.3 Å². The summed E-state index contributed by atoms with van der Waals surface area (Å²) in [5, 5.41) is 14.6. The minimum Gasteiger partial charge on any atom is -0.508 e. The molecule has 0 aliphatic heterocycles. The molecule has 2 rings (SSSR count). The quantitative estimate of drug-likeness (QED) is 0.761. The number of phenolic OH excluding ortho intramolecular Hbond substituents is 1. The lowest BCUT2D eigenvalue weighted by Crippen LogP contribution is -2.37. The van der Waals surface area contributed by atoms with Crippen LogP contribution in [-0.2, 0) is 0 Å². The second kappa shape index (κ2) is 7.71. The van der Waals surface area contributed by atoms with Crippen molar-refractivity contribution in [1.29, 1.82) is 0 Å². The minimum atomic E-state index is 0.232. The molecule has 1 fully saturated rings. The Labute approximate surface area is 134 Å². The molecule has 1 aliphatic carbocycles. The van der Waals surface area contributed by atoms with E-state index in [4.69, 9.17) is 0 Å². The van der Waals surface area contributed by atoms with Gasteiger partial charge >= 0.3 is 0 Å². The molecule has 3 unspecified atom stereocenters. The molecule has 1 aliphatic rings. The van der Waals surface area contributed by atoms with Crippen LogP contribution in [0.3, 0.4) is 0 Å². The van der Waals surface area contributed by atoms with Gasteiger partial charge in [-0.3, -0.25) is 0 Å². The number of hydrogen-bond acceptors (Lipinski definition) is 3. The molecular weight excluding hydrogens is 334 g/mol. The van der Waals surface area contributed by atoms with E-state index >= 15 is 0 Å². The van der Waals surface area contributed by atoms with Gasteiger partial charge in [0.15, 0.2) is 0 Å². The van der Waals surface area contributed by atoms with Gasteiger partial charge in [-0.1, -0.05) is 36.2 Å². The molecular formula is C16H24BrNOS. The lowest BCUT2D eigenvalue weighted by Gasteiger charge is -2.27. The summed E-state index contributed by atoms with van der Waals surface area (Å²) >= 11 is 5.57. The van der Waals surface area contributed by atoms with Crippen LogP contribution in [0.15, 0.2) is 22.7 Å². The summed E-state index contributed by atoms with van der Waals surface area (Å²) in [7, 11) is 0. The first kappa shape index (κ1) is 16.2. The zero-order valence-corrected chi connectivity index (χ0v) is 14.6. The molecule has 2 nitrogen and oxygen atoms in total. The van der Waals surface area contributed by atoms with E-state index in [2.05, 4.69) is 46.9 Å². The number of thioether (sulfide) groups is 1. The van der Waals surface area contributed by atoms with Gasteiger partial charge in [0.25, 0.3) is 0 Å². The average Bonchev–Trinajstić information content (AvgIpc) is 2.87. The SMILES string of the molecule is CCSC1CCCC1NC(CC)c1cc(Br)ccc1O. The fraction of sp³-hybridized carbons (Fsp3) is 0.625. The maximum Gasteiger partial charge on any atom is 0.120 e. The first-order chi connectivity index (χ1) is 9.65. The zero-order chi connectivity index (χ0) is 14.5. The van der Waals surface area contributed by atoms with E-state index in [0.29, 0.717) is 11.8 Å². The molecule has 1 saturated carbocycles. The summed E-state index contributed by atoms with van der Waals surface area (Å²) in [6, 6.07) is 6.50. The van der Waals surface area contributed by atoms with Crippen molar-refractivity contribution in [3.05, 3.63) is 28.2 Å². The summed E-state index contributed by atoms with van der Waals surface area (Å²) in [4.78, 5) is 0. The van der Waals surface area contributed by atoms with Gasteiger partial charge in [-0.15, -0.1) is 0 Å². The normalized spacial score (nSPS) is 23.9. The first-order valence-electron chi connectivity index (χ1n) is 7.51. The van der Waals surface area contributed by atoms with E-state index in [0.717, 1.165) is 21.7 Å². The van der Waals surface area contributed by atoms with Gasteiger partial charge in [0.1, 0.15) is 5.75 Å². The van der Waals surface area contributed by atoms with Crippen LogP contribution in [0.25, 0.3) is 0 Å². The first-order valence-corrected chi connectivity index (χ1v) is 9.36. The van der Waals surface area contributed by atoms with Crippen molar-refractivity contribution in [3.8, 4) is 5.75 Å². The molecule has 0 amide bonds. The lowest BCUT2D eigenvalue weighted by molar-refractivity contribution is 0.408. The van der Waals surface area contributed by atoms with E-state index in [1.165, 1.54) is 25.0 Å². The van der Waals surface area contributed by atoms with Crippen molar-refractivity contribution in [2.45, 2.75) is 56.9 Å². The third kappa shape index (κ3) is 3.92. The molecule has 1 aromatic rings. The summed E-state index contributed by atoms with van der Waals surface area (Å²) < 4.78 is 1.02. The van der Waals surface area contributed by atoms with E-state index in [9.17, 15) is 5.11 Å². The number of halogens is 1. The number of nitrogens with one attached hydrogen (secondary N) is 1. The molecule has 0 heterocycles.